The summed E-state index contributed by atoms with van der Waals surface area (Å²) in [5.41, 5.74) is 0. The van der Waals surface area contributed by atoms with Gasteiger partial charge in [-0.25, -0.2) is 4.79 Å². The third kappa shape index (κ3) is 27.4. The van der Waals surface area contributed by atoms with E-state index in [1.54, 1.807) is 0 Å². The van der Waals surface area contributed by atoms with Crippen LogP contribution in [0.2, 0.25) is 0 Å². The molecule has 0 bridgehead atoms. The van der Waals surface area contributed by atoms with Crippen molar-refractivity contribution < 1.29 is 29.3 Å². The Kier molecular flexibility index (Phi) is 27.2. The predicted molar refractivity (Wildman–Crippen MR) is 155 cm³/mol. The fourth-order valence-electron chi connectivity index (χ4n) is 4.93. The van der Waals surface area contributed by atoms with E-state index in [0.717, 1.165) is 38.5 Å². The normalized spacial score (nSPS) is 11.9. The van der Waals surface area contributed by atoms with E-state index < -0.39 is 24.0 Å². The molecule has 0 aliphatic carbocycles. The lowest BCUT2D eigenvalue weighted by Crippen LogP contribution is -2.27. The van der Waals surface area contributed by atoms with E-state index in [0.29, 0.717) is 19.3 Å². The number of carboxylic acid groups (broad SMARTS) is 2. The minimum atomic E-state index is -1.06. The summed E-state index contributed by atoms with van der Waals surface area (Å²) >= 11 is 0. The summed E-state index contributed by atoms with van der Waals surface area (Å²) < 4.78 is 5.19. The Bertz CT molecular complexity index is 562. The number of hydrogen-bond acceptors (Lipinski definition) is 4. The first kappa shape index (κ1) is 36.4. The molecule has 0 fully saturated rings. The first-order valence-corrected chi connectivity index (χ1v) is 16.1. The average Bonchev–Trinajstić information content (AvgIpc) is 2.88. The van der Waals surface area contributed by atoms with Crippen molar-refractivity contribution >= 4 is 17.9 Å². The van der Waals surface area contributed by atoms with Crippen molar-refractivity contribution in [1.82, 2.24) is 0 Å². The standard InChI is InChI=1S/C32H60O6/c1-2-3-4-5-6-7-8-9-10-11-12-13-14-15-16-17-18-20-23-26-29(32(36)37)38-31(35)28-25-22-19-21-24-27-30(33)34/h29H,2-28H2,1H3,(H,33,34)(H,36,37). The Balaban J connectivity index is 3.49. The summed E-state index contributed by atoms with van der Waals surface area (Å²) in [7, 11) is 0. The third-order valence-electron chi connectivity index (χ3n) is 7.39. The highest BCUT2D eigenvalue weighted by atomic mass is 16.6. The molecule has 0 aromatic rings. The topological polar surface area (TPSA) is 101 Å². The van der Waals surface area contributed by atoms with Crippen LogP contribution in [-0.4, -0.2) is 34.2 Å². The van der Waals surface area contributed by atoms with Crippen molar-refractivity contribution in [3.63, 3.8) is 0 Å². The van der Waals surface area contributed by atoms with Crippen LogP contribution in [0.5, 0.6) is 0 Å². The first-order valence-electron chi connectivity index (χ1n) is 16.1. The van der Waals surface area contributed by atoms with Crippen LogP contribution in [0.25, 0.3) is 0 Å². The number of hydrogen-bond donors (Lipinski definition) is 2. The molecule has 0 aliphatic heterocycles. The molecular weight excluding hydrogens is 480 g/mol. The fourth-order valence-corrected chi connectivity index (χ4v) is 4.93. The molecule has 0 heterocycles. The highest BCUT2D eigenvalue weighted by Crippen LogP contribution is 2.16. The van der Waals surface area contributed by atoms with Crippen molar-refractivity contribution in [2.75, 3.05) is 0 Å². The second-order valence-corrected chi connectivity index (χ2v) is 11.1. The molecule has 0 spiro atoms. The highest BCUT2D eigenvalue weighted by molar-refractivity contribution is 5.77. The van der Waals surface area contributed by atoms with Gasteiger partial charge in [-0.15, -0.1) is 0 Å². The molecule has 0 saturated heterocycles. The maximum absolute atomic E-state index is 12.0. The Morgan fingerprint density at radius 2 is 0.842 bits per heavy atom. The number of esters is 1. The Morgan fingerprint density at radius 1 is 0.500 bits per heavy atom. The molecule has 0 radical (unpaired) electrons. The molecule has 38 heavy (non-hydrogen) atoms. The number of aliphatic carboxylic acids is 2. The summed E-state index contributed by atoms with van der Waals surface area (Å²) in [6.45, 7) is 2.27. The zero-order valence-electron chi connectivity index (χ0n) is 24.7. The van der Waals surface area contributed by atoms with E-state index in [2.05, 4.69) is 6.92 Å². The van der Waals surface area contributed by atoms with Crippen molar-refractivity contribution in [1.29, 1.82) is 0 Å². The van der Waals surface area contributed by atoms with Gasteiger partial charge in [0.25, 0.3) is 0 Å². The monoisotopic (exact) mass is 540 g/mol. The maximum Gasteiger partial charge on any atom is 0.345 e. The lowest BCUT2D eigenvalue weighted by Gasteiger charge is -2.13. The van der Waals surface area contributed by atoms with Crippen LogP contribution in [0, 0.1) is 0 Å². The summed E-state index contributed by atoms with van der Waals surface area (Å²) in [5, 5.41) is 18.0. The molecule has 1 unspecified atom stereocenters. The van der Waals surface area contributed by atoms with Crippen LogP contribution >= 0.6 is 0 Å². The number of ether oxygens (including phenoxy) is 1. The molecule has 1 atom stereocenters. The van der Waals surface area contributed by atoms with Gasteiger partial charge in [-0.1, -0.05) is 142 Å². The summed E-state index contributed by atoms with van der Waals surface area (Å²) in [6.07, 6.45) is 28.3. The Hall–Kier alpha value is -1.59. The lowest BCUT2D eigenvalue weighted by molar-refractivity contribution is -0.164. The van der Waals surface area contributed by atoms with Gasteiger partial charge in [-0.05, 0) is 25.7 Å². The lowest BCUT2D eigenvalue weighted by atomic mass is 10.0. The maximum atomic E-state index is 12.0. The molecule has 0 amide bonds. The summed E-state index contributed by atoms with van der Waals surface area (Å²) in [6, 6.07) is 0. The Morgan fingerprint density at radius 3 is 1.21 bits per heavy atom. The zero-order chi connectivity index (χ0) is 28.1. The predicted octanol–water partition coefficient (Wildman–Crippen LogP) is 9.62. The molecule has 0 aliphatic rings. The molecule has 224 valence electrons. The molecule has 6 nitrogen and oxygen atoms in total. The third-order valence-corrected chi connectivity index (χ3v) is 7.39. The van der Waals surface area contributed by atoms with Crippen molar-refractivity contribution in [3.8, 4) is 0 Å². The van der Waals surface area contributed by atoms with E-state index >= 15 is 0 Å². The van der Waals surface area contributed by atoms with Gasteiger partial charge in [0.05, 0.1) is 0 Å². The molecule has 0 aromatic heterocycles. The first-order chi connectivity index (χ1) is 18.5. The van der Waals surface area contributed by atoms with Crippen LogP contribution in [0.15, 0.2) is 0 Å². The minimum Gasteiger partial charge on any atom is -0.481 e. The van der Waals surface area contributed by atoms with Crippen LogP contribution in [0.3, 0.4) is 0 Å². The average molecular weight is 541 g/mol. The number of unbranched alkanes of at least 4 members (excludes halogenated alkanes) is 22. The quantitative estimate of drug-likeness (QED) is 0.0694. The molecule has 0 aromatic carbocycles. The second kappa shape index (κ2) is 28.4. The smallest absolute Gasteiger partial charge is 0.345 e. The van der Waals surface area contributed by atoms with Crippen LogP contribution in [0.1, 0.15) is 180 Å². The number of carbonyl (C=O) groups excluding carboxylic acids is 1. The van der Waals surface area contributed by atoms with E-state index in [1.165, 1.54) is 103 Å². The van der Waals surface area contributed by atoms with Gasteiger partial charge in [0.15, 0.2) is 6.10 Å². The van der Waals surface area contributed by atoms with Crippen LogP contribution in [0.4, 0.5) is 0 Å². The number of carbonyl (C=O) groups is 3. The minimum absolute atomic E-state index is 0.182. The number of rotatable bonds is 30. The van der Waals surface area contributed by atoms with Gasteiger partial charge in [0, 0.05) is 12.8 Å². The van der Waals surface area contributed by atoms with E-state index in [1.807, 2.05) is 0 Å². The molecule has 6 heteroatoms. The van der Waals surface area contributed by atoms with E-state index in [9.17, 15) is 19.5 Å². The highest BCUT2D eigenvalue weighted by Gasteiger charge is 2.21. The van der Waals surface area contributed by atoms with Crippen molar-refractivity contribution in [2.24, 2.45) is 0 Å². The SMILES string of the molecule is CCCCCCCCCCCCCCCCCCCCCC(OC(=O)CCCCCCCC(=O)O)C(=O)O. The number of carboxylic acids is 2. The zero-order valence-corrected chi connectivity index (χ0v) is 24.7. The summed E-state index contributed by atoms with van der Waals surface area (Å²) in [5.74, 6) is -2.28. The van der Waals surface area contributed by atoms with E-state index in [4.69, 9.17) is 9.84 Å². The molecule has 0 rings (SSSR count). The Labute approximate surface area is 233 Å². The van der Waals surface area contributed by atoms with Gasteiger partial charge in [0.2, 0.25) is 0 Å². The largest absolute Gasteiger partial charge is 0.481 e. The van der Waals surface area contributed by atoms with Gasteiger partial charge in [0.1, 0.15) is 0 Å². The van der Waals surface area contributed by atoms with Gasteiger partial charge in [-0.2, -0.15) is 0 Å². The summed E-state index contributed by atoms with van der Waals surface area (Å²) in [4.78, 5) is 33.9. The van der Waals surface area contributed by atoms with Gasteiger partial charge >= 0.3 is 17.9 Å². The molecular formula is C32H60O6. The van der Waals surface area contributed by atoms with Gasteiger partial charge in [-0.3, -0.25) is 9.59 Å². The molecule has 0 saturated carbocycles. The fraction of sp³-hybridized carbons (Fsp3) is 0.906. The van der Waals surface area contributed by atoms with Crippen molar-refractivity contribution in [2.45, 2.75) is 186 Å². The van der Waals surface area contributed by atoms with E-state index in [-0.39, 0.29) is 12.8 Å². The van der Waals surface area contributed by atoms with Crippen LogP contribution in [-0.2, 0) is 19.1 Å². The van der Waals surface area contributed by atoms with Crippen LogP contribution < -0.4 is 0 Å². The van der Waals surface area contributed by atoms with Gasteiger partial charge < -0.3 is 14.9 Å². The van der Waals surface area contributed by atoms with Crippen molar-refractivity contribution in [3.05, 3.63) is 0 Å². The molecule has 2 N–H and O–H groups in total. The second-order valence-electron chi connectivity index (χ2n) is 11.1.